The molecule has 7 nitrogen and oxygen atoms in total. The van der Waals surface area contributed by atoms with Gasteiger partial charge in [0, 0.05) is 22.5 Å². The minimum Gasteiger partial charge on any atom is -0.399 e. The summed E-state index contributed by atoms with van der Waals surface area (Å²) in [6.07, 6.45) is 0. The van der Waals surface area contributed by atoms with Gasteiger partial charge in [-0.3, -0.25) is 10.0 Å². The minimum absolute atomic E-state index is 0.184. The van der Waals surface area contributed by atoms with E-state index in [2.05, 4.69) is 20.0 Å². The van der Waals surface area contributed by atoms with Gasteiger partial charge in [-0.05, 0) is 54.1 Å². The third-order valence-corrected chi connectivity index (χ3v) is 6.01. The molecule has 0 saturated heterocycles. The number of halogens is 1. The average Bonchev–Trinajstić information content (AvgIpc) is 3.10. The number of hydrogen-bond donors (Lipinski definition) is 4. The van der Waals surface area contributed by atoms with Gasteiger partial charge in [0.05, 0.1) is 11.4 Å². The summed E-state index contributed by atoms with van der Waals surface area (Å²) in [6, 6.07) is 18.8. The van der Waals surface area contributed by atoms with Crippen LogP contribution in [-0.4, -0.2) is 13.4 Å². The van der Waals surface area contributed by atoms with E-state index in [0.717, 1.165) is 22.5 Å². The monoisotopic (exact) mass is 428 g/mol. The number of sulfonamides is 1. The van der Waals surface area contributed by atoms with Crippen molar-refractivity contribution in [1.29, 1.82) is 0 Å². The van der Waals surface area contributed by atoms with Crippen LogP contribution in [0.25, 0.3) is 11.0 Å². The van der Waals surface area contributed by atoms with Crippen molar-refractivity contribution in [3.8, 4) is 0 Å². The van der Waals surface area contributed by atoms with Crippen molar-refractivity contribution in [3.63, 3.8) is 0 Å². The largest absolute Gasteiger partial charge is 0.399 e. The Morgan fingerprint density at radius 1 is 1.00 bits per heavy atom. The molecule has 0 spiro atoms. The molecule has 0 amide bonds. The van der Waals surface area contributed by atoms with E-state index >= 15 is 0 Å². The molecule has 3 aromatic carbocycles. The van der Waals surface area contributed by atoms with Crippen molar-refractivity contribution in [2.24, 2.45) is 0 Å². The first-order valence-corrected chi connectivity index (χ1v) is 10.7. The van der Waals surface area contributed by atoms with E-state index < -0.39 is 10.0 Å². The molecule has 1 aromatic heterocycles. The Bertz CT molecular complexity index is 1250. The van der Waals surface area contributed by atoms with Gasteiger partial charge in [-0.2, -0.15) is 0 Å². The Morgan fingerprint density at radius 3 is 2.45 bits per heavy atom. The second kappa shape index (κ2) is 7.65. The number of nitrogen functional groups attached to an aromatic ring is 1. The molecule has 29 heavy (non-hydrogen) atoms. The molecule has 148 valence electrons. The summed E-state index contributed by atoms with van der Waals surface area (Å²) >= 11 is 5.83. The van der Waals surface area contributed by atoms with Gasteiger partial charge in [-0.1, -0.05) is 23.7 Å². The van der Waals surface area contributed by atoms with Crippen molar-refractivity contribution in [1.82, 2.24) is 4.98 Å². The maximum Gasteiger partial charge on any atom is 0.353 e. The summed E-state index contributed by atoms with van der Waals surface area (Å²) in [5, 5.41) is 3.79. The summed E-state index contributed by atoms with van der Waals surface area (Å²) < 4.78 is 27.6. The summed E-state index contributed by atoms with van der Waals surface area (Å²) in [4.78, 5) is 6.62. The Hall–Kier alpha value is -3.23. The van der Waals surface area contributed by atoms with Crippen LogP contribution in [0, 0.1) is 0 Å². The lowest BCUT2D eigenvalue weighted by molar-refractivity contribution is -0.326. The Balaban J connectivity index is 1.43. The molecule has 0 aliphatic rings. The van der Waals surface area contributed by atoms with E-state index in [1.165, 1.54) is 0 Å². The minimum atomic E-state index is -3.67. The van der Waals surface area contributed by atoms with Crippen LogP contribution >= 0.6 is 11.6 Å². The lowest BCUT2D eigenvalue weighted by atomic mass is 10.2. The molecule has 0 aliphatic heterocycles. The van der Waals surface area contributed by atoms with Crippen LogP contribution in [0.3, 0.4) is 0 Å². The lowest BCUT2D eigenvalue weighted by Crippen LogP contribution is -2.13. The van der Waals surface area contributed by atoms with Gasteiger partial charge in [-0.25, -0.2) is 18.4 Å². The zero-order valence-electron chi connectivity index (χ0n) is 15.2. The third kappa shape index (κ3) is 4.44. The Labute approximate surface area is 173 Å². The van der Waals surface area contributed by atoms with Crippen molar-refractivity contribution in [2.75, 3.05) is 15.8 Å². The number of benzene rings is 3. The zero-order valence-corrected chi connectivity index (χ0v) is 16.8. The maximum absolute atomic E-state index is 12.5. The summed E-state index contributed by atoms with van der Waals surface area (Å²) in [6.45, 7) is 0.518. The highest BCUT2D eigenvalue weighted by molar-refractivity contribution is 7.92. The molecule has 0 atom stereocenters. The molecule has 6 N–H and O–H groups in total. The molecule has 4 aromatic rings. The Morgan fingerprint density at radius 2 is 1.72 bits per heavy atom. The van der Waals surface area contributed by atoms with E-state index in [1.54, 1.807) is 48.5 Å². The molecule has 4 rings (SSSR count). The molecule has 0 saturated carbocycles. The summed E-state index contributed by atoms with van der Waals surface area (Å²) in [5.74, 6) is 0.742. The first-order valence-electron chi connectivity index (χ1n) is 8.81. The molecule has 0 bridgehead atoms. The van der Waals surface area contributed by atoms with Gasteiger partial charge in [-0.15, -0.1) is 0 Å². The fourth-order valence-corrected chi connectivity index (χ4v) is 4.06. The lowest BCUT2D eigenvalue weighted by Gasteiger charge is -2.08. The summed E-state index contributed by atoms with van der Waals surface area (Å²) in [5.41, 5.74) is 9.70. The average molecular weight is 429 g/mol. The Kier molecular flexibility index (Phi) is 5.04. The van der Waals surface area contributed by atoms with Gasteiger partial charge < -0.3 is 5.73 Å². The predicted molar refractivity (Wildman–Crippen MR) is 115 cm³/mol. The number of rotatable bonds is 6. The van der Waals surface area contributed by atoms with E-state index in [4.69, 9.17) is 17.3 Å². The molecule has 1 heterocycles. The van der Waals surface area contributed by atoms with Gasteiger partial charge >= 0.3 is 5.95 Å². The van der Waals surface area contributed by atoms with Crippen LogP contribution in [0.15, 0.2) is 71.6 Å². The van der Waals surface area contributed by atoms with Gasteiger partial charge in [0.2, 0.25) is 0 Å². The first-order chi connectivity index (χ1) is 13.9. The van der Waals surface area contributed by atoms with Crippen molar-refractivity contribution >= 4 is 50.0 Å². The predicted octanol–water partition coefficient (Wildman–Crippen LogP) is 3.63. The van der Waals surface area contributed by atoms with Crippen LogP contribution < -0.4 is 20.8 Å². The molecule has 9 heteroatoms. The van der Waals surface area contributed by atoms with Crippen LogP contribution in [-0.2, 0) is 16.6 Å². The van der Waals surface area contributed by atoms with E-state index in [1.807, 2.05) is 18.2 Å². The highest BCUT2D eigenvalue weighted by Gasteiger charge is 2.14. The number of hydrogen-bond acceptors (Lipinski definition) is 4. The number of nitrogens with one attached hydrogen (secondary N) is 4. The molecule has 0 radical (unpaired) electrons. The van der Waals surface area contributed by atoms with Crippen LogP contribution in [0.2, 0.25) is 5.02 Å². The molecule has 0 aliphatic carbocycles. The van der Waals surface area contributed by atoms with Crippen LogP contribution in [0.5, 0.6) is 0 Å². The van der Waals surface area contributed by atoms with E-state index in [-0.39, 0.29) is 4.90 Å². The topological polar surface area (TPSA) is 114 Å². The number of H-pyrrole nitrogens is 2. The van der Waals surface area contributed by atoms with Crippen molar-refractivity contribution < 1.29 is 13.4 Å². The molecule has 0 fully saturated rings. The SMILES string of the molecule is Nc1ccc2[nH+]c(NCc3ccc(S(=O)(=O)Nc4ccc(Cl)cc4)cc3)[nH]c2c1. The van der Waals surface area contributed by atoms with Crippen molar-refractivity contribution in [3.05, 3.63) is 77.3 Å². The number of anilines is 3. The smallest absolute Gasteiger partial charge is 0.353 e. The van der Waals surface area contributed by atoms with Crippen LogP contribution in [0.4, 0.5) is 17.3 Å². The normalized spacial score (nSPS) is 11.5. The first kappa shape index (κ1) is 19.1. The molecular weight excluding hydrogens is 410 g/mol. The van der Waals surface area contributed by atoms with Gasteiger partial charge in [0.25, 0.3) is 10.0 Å². The quantitative estimate of drug-likeness (QED) is 0.351. The molecular formula is C20H19ClN5O2S+. The second-order valence-corrected chi connectivity index (χ2v) is 8.66. The molecule has 0 unspecified atom stereocenters. The standard InChI is InChI=1S/C20H18ClN5O2S/c21-14-3-6-16(7-4-14)26-29(27,28)17-8-1-13(2-9-17)12-23-20-24-18-10-5-15(22)11-19(18)25-20/h1-11,26H,12,22H2,(H2,23,24,25)/p+1. The maximum atomic E-state index is 12.5. The van der Waals surface area contributed by atoms with E-state index in [0.29, 0.717) is 22.9 Å². The highest BCUT2D eigenvalue weighted by atomic mass is 35.5. The zero-order chi connectivity index (χ0) is 20.4. The third-order valence-electron chi connectivity index (χ3n) is 4.36. The number of nitrogens with two attached hydrogens (primary N) is 1. The van der Waals surface area contributed by atoms with E-state index in [9.17, 15) is 8.42 Å². The number of aromatic amines is 2. The van der Waals surface area contributed by atoms with Gasteiger partial charge in [0.1, 0.15) is 11.0 Å². The fraction of sp³-hybridized carbons (Fsp3) is 0.0500. The second-order valence-electron chi connectivity index (χ2n) is 6.54. The number of aromatic nitrogens is 2. The van der Waals surface area contributed by atoms with Crippen molar-refractivity contribution in [2.45, 2.75) is 11.4 Å². The summed E-state index contributed by atoms with van der Waals surface area (Å²) in [7, 11) is -3.67. The number of imidazole rings is 1. The van der Waals surface area contributed by atoms with Gasteiger partial charge in [0.15, 0.2) is 0 Å². The fourth-order valence-electron chi connectivity index (χ4n) is 2.87. The highest BCUT2D eigenvalue weighted by Crippen LogP contribution is 2.19. The van der Waals surface area contributed by atoms with Crippen LogP contribution in [0.1, 0.15) is 5.56 Å². The number of fused-ring (bicyclic) bond motifs is 1.